The van der Waals surface area contributed by atoms with Crippen molar-refractivity contribution in [2.75, 3.05) is 18.1 Å². The number of nitrogens with zero attached hydrogens (tertiary/aromatic N) is 2. The van der Waals surface area contributed by atoms with E-state index in [1.54, 1.807) is 6.20 Å². The van der Waals surface area contributed by atoms with Crippen LogP contribution in [0.5, 0.6) is 5.75 Å². The lowest BCUT2D eigenvalue weighted by molar-refractivity contribution is 0.331. The van der Waals surface area contributed by atoms with Gasteiger partial charge < -0.3 is 15.4 Å². The number of fused-ring (bicyclic) bond motifs is 1. The van der Waals surface area contributed by atoms with Crippen LogP contribution in [0.1, 0.15) is 11.1 Å². The van der Waals surface area contributed by atoms with Crippen molar-refractivity contribution < 1.29 is 4.74 Å². The van der Waals surface area contributed by atoms with Crippen LogP contribution in [0.3, 0.4) is 0 Å². The zero-order valence-corrected chi connectivity index (χ0v) is 11.8. The van der Waals surface area contributed by atoms with E-state index in [1.807, 2.05) is 30.5 Å². The lowest BCUT2D eigenvalue weighted by atomic mass is 10.1. The Labute approximate surface area is 123 Å². The molecule has 0 saturated heterocycles. The van der Waals surface area contributed by atoms with Crippen molar-refractivity contribution in [1.29, 1.82) is 0 Å². The van der Waals surface area contributed by atoms with Crippen molar-refractivity contribution in [3.05, 3.63) is 53.9 Å². The van der Waals surface area contributed by atoms with Gasteiger partial charge >= 0.3 is 0 Å². The second-order valence-corrected chi connectivity index (χ2v) is 5.07. The minimum Gasteiger partial charge on any atom is -0.491 e. The maximum absolute atomic E-state index is 5.80. The number of thiocarbonyl (C=S) groups is 1. The monoisotopic (exact) mass is 285 g/mol. The number of para-hydroxylation sites is 1. The molecule has 0 bridgehead atoms. The molecule has 0 amide bonds. The van der Waals surface area contributed by atoms with Crippen LogP contribution in [-0.2, 0) is 6.54 Å². The van der Waals surface area contributed by atoms with Gasteiger partial charge in [0.25, 0.3) is 0 Å². The van der Waals surface area contributed by atoms with E-state index >= 15 is 0 Å². The highest BCUT2D eigenvalue weighted by molar-refractivity contribution is 7.80. The normalized spacial score (nSPS) is 14.1. The standard InChI is InChI=1S/C15H15N3OS/c16-15(20)12-5-6-17-9-13(12)18-7-8-19-14-4-2-1-3-11(14)10-18/h1-6,9H,7-8,10H2,(H2,16,20). The first-order valence-corrected chi connectivity index (χ1v) is 6.86. The zero-order chi connectivity index (χ0) is 13.9. The smallest absolute Gasteiger partial charge is 0.124 e. The molecule has 1 aliphatic heterocycles. The summed E-state index contributed by atoms with van der Waals surface area (Å²) in [7, 11) is 0. The van der Waals surface area contributed by atoms with E-state index in [4.69, 9.17) is 22.7 Å². The highest BCUT2D eigenvalue weighted by Crippen LogP contribution is 2.27. The maximum Gasteiger partial charge on any atom is 0.124 e. The Morgan fingerprint density at radius 3 is 3.00 bits per heavy atom. The van der Waals surface area contributed by atoms with E-state index < -0.39 is 0 Å². The van der Waals surface area contributed by atoms with Crippen LogP contribution in [0.2, 0.25) is 0 Å². The molecule has 1 aromatic heterocycles. The van der Waals surface area contributed by atoms with Gasteiger partial charge in [-0.15, -0.1) is 0 Å². The number of hydrogen-bond donors (Lipinski definition) is 1. The molecule has 0 saturated carbocycles. The van der Waals surface area contributed by atoms with Crippen LogP contribution in [0, 0.1) is 0 Å². The number of ether oxygens (including phenoxy) is 1. The van der Waals surface area contributed by atoms with Gasteiger partial charge in [0.05, 0.1) is 18.4 Å². The molecule has 0 spiro atoms. The fraction of sp³-hybridized carbons (Fsp3) is 0.200. The lowest BCUT2D eigenvalue weighted by Crippen LogP contribution is -2.28. The quantitative estimate of drug-likeness (QED) is 0.857. The summed E-state index contributed by atoms with van der Waals surface area (Å²) in [5, 5.41) is 0. The highest BCUT2D eigenvalue weighted by Gasteiger charge is 2.18. The molecule has 0 aliphatic carbocycles. The van der Waals surface area contributed by atoms with Crippen molar-refractivity contribution in [2.24, 2.45) is 5.73 Å². The van der Waals surface area contributed by atoms with Gasteiger partial charge in [-0.25, -0.2) is 0 Å². The van der Waals surface area contributed by atoms with E-state index in [-0.39, 0.29) is 0 Å². The molecule has 102 valence electrons. The number of hydrogen-bond acceptors (Lipinski definition) is 4. The van der Waals surface area contributed by atoms with Gasteiger partial charge in [0.1, 0.15) is 17.3 Å². The predicted octanol–water partition coefficient (Wildman–Crippen LogP) is 2.11. The van der Waals surface area contributed by atoms with Gasteiger partial charge in [0.2, 0.25) is 0 Å². The van der Waals surface area contributed by atoms with Gasteiger partial charge in [0, 0.05) is 23.9 Å². The molecule has 0 unspecified atom stereocenters. The summed E-state index contributed by atoms with van der Waals surface area (Å²) in [6, 6.07) is 9.93. The Bertz CT molecular complexity index is 645. The number of anilines is 1. The number of pyridine rings is 1. The van der Waals surface area contributed by atoms with Crippen LogP contribution in [-0.4, -0.2) is 23.1 Å². The molecule has 1 aliphatic rings. The van der Waals surface area contributed by atoms with Gasteiger partial charge in [0.15, 0.2) is 0 Å². The number of nitrogens with two attached hydrogens (primary N) is 1. The molecule has 2 heterocycles. The minimum atomic E-state index is 0.390. The molecule has 3 rings (SSSR count). The van der Waals surface area contributed by atoms with Crippen molar-refractivity contribution >= 4 is 22.9 Å². The fourth-order valence-corrected chi connectivity index (χ4v) is 2.55. The van der Waals surface area contributed by atoms with Gasteiger partial charge in [-0.3, -0.25) is 4.98 Å². The SMILES string of the molecule is NC(=S)c1ccncc1N1CCOc2ccccc2C1. The van der Waals surface area contributed by atoms with Gasteiger partial charge in [-0.1, -0.05) is 30.4 Å². The van der Waals surface area contributed by atoms with Crippen LogP contribution in [0.4, 0.5) is 5.69 Å². The molecular weight excluding hydrogens is 270 g/mol. The Hall–Kier alpha value is -2.14. The Kier molecular flexibility index (Phi) is 3.52. The van der Waals surface area contributed by atoms with Gasteiger partial charge in [-0.2, -0.15) is 0 Å². The first-order valence-electron chi connectivity index (χ1n) is 6.45. The summed E-state index contributed by atoms with van der Waals surface area (Å²) >= 11 is 5.12. The van der Waals surface area contributed by atoms with Crippen LogP contribution >= 0.6 is 12.2 Å². The fourth-order valence-electron chi connectivity index (χ4n) is 2.38. The summed E-state index contributed by atoms with van der Waals surface area (Å²) in [5.74, 6) is 0.941. The average Bonchev–Trinajstić information content (AvgIpc) is 2.69. The minimum absolute atomic E-state index is 0.390. The number of rotatable bonds is 2. The highest BCUT2D eigenvalue weighted by atomic mass is 32.1. The van der Waals surface area contributed by atoms with E-state index in [2.05, 4.69) is 16.0 Å². The number of aromatic nitrogens is 1. The van der Waals surface area contributed by atoms with Crippen LogP contribution in [0.25, 0.3) is 0 Å². The largest absolute Gasteiger partial charge is 0.491 e. The Morgan fingerprint density at radius 1 is 1.30 bits per heavy atom. The summed E-state index contributed by atoms with van der Waals surface area (Å²) in [6.45, 7) is 2.16. The summed E-state index contributed by atoms with van der Waals surface area (Å²) in [4.78, 5) is 6.78. The molecular formula is C15H15N3OS. The maximum atomic E-state index is 5.80. The second kappa shape index (κ2) is 5.46. The molecule has 2 N–H and O–H groups in total. The van der Waals surface area contributed by atoms with E-state index in [9.17, 15) is 0 Å². The topological polar surface area (TPSA) is 51.4 Å². The third-order valence-corrected chi connectivity index (χ3v) is 3.58. The van der Waals surface area contributed by atoms with Crippen molar-refractivity contribution in [3.8, 4) is 5.75 Å². The van der Waals surface area contributed by atoms with Crippen molar-refractivity contribution in [2.45, 2.75) is 6.54 Å². The Morgan fingerprint density at radius 2 is 2.15 bits per heavy atom. The van der Waals surface area contributed by atoms with E-state index in [0.29, 0.717) is 11.6 Å². The van der Waals surface area contributed by atoms with Gasteiger partial charge in [-0.05, 0) is 12.1 Å². The molecule has 1 aromatic carbocycles. The first-order chi connectivity index (χ1) is 9.75. The molecule has 5 heteroatoms. The second-order valence-electron chi connectivity index (χ2n) is 4.63. The van der Waals surface area contributed by atoms with E-state index in [0.717, 1.165) is 35.7 Å². The van der Waals surface area contributed by atoms with Crippen molar-refractivity contribution in [1.82, 2.24) is 4.98 Å². The molecule has 0 atom stereocenters. The molecule has 2 aromatic rings. The molecule has 4 nitrogen and oxygen atoms in total. The van der Waals surface area contributed by atoms with Crippen LogP contribution in [0.15, 0.2) is 42.7 Å². The zero-order valence-electron chi connectivity index (χ0n) is 11.0. The molecule has 0 fully saturated rings. The molecule has 20 heavy (non-hydrogen) atoms. The summed E-state index contributed by atoms with van der Waals surface area (Å²) < 4.78 is 5.77. The van der Waals surface area contributed by atoms with E-state index in [1.165, 1.54) is 0 Å². The third kappa shape index (κ3) is 2.44. The van der Waals surface area contributed by atoms with Crippen LogP contribution < -0.4 is 15.4 Å². The Balaban J connectivity index is 1.98. The summed E-state index contributed by atoms with van der Waals surface area (Å²) in [5.41, 5.74) is 8.77. The first kappa shape index (κ1) is 12.9. The average molecular weight is 285 g/mol. The summed E-state index contributed by atoms with van der Waals surface area (Å²) in [6.07, 6.45) is 3.52. The predicted molar refractivity (Wildman–Crippen MR) is 83.1 cm³/mol. The number of benzene rings is 1. The third-order valence-electron chi connectivity index (χ3n) is 3.36. The molecule has 0 radical (unpaired) electrons. The van der Waals surface area contributed by atoms with Crippen molar-refractivity contribution in [3.63, 3.8) is 0 Å². The lowest BCUT2D eigenvalue weighted by Gasteiger charge is -2.24.